The lowest BCUT2D eigenvalue weighted by Gasteiger charge is -2.05. The fourth-order valence-electron chi connectivity index (χ4n) is 2.83. The van der Waals surface area contributed by atoms with Gasteiger partial charge in [-0.15, -0.1) is 15.3 Å². The van der Waals surface area contributed by atoms with Gasteiger partial charge in [-0.25, -0.2) is 0 Å². The summed E-state index contributed by atoms with van der Waals surface area (Å²) in [4.78, 5) is 0.756. The second-order valence-electron chi connectivity index (χ2n) is 6.53. The first kappa shape index (κ1) is 18.4. The minimum atomic E-state index is 0.723. The average molecular weight is 394 g/mol. The molecular weight excluding hydrogens is 370 g/mol. The smallest absolute Gasteiger partial charge is 0.236 e. The first-order valence-electron chi connectivity index (χ1n) is 9.58. The molecule has 0 bridgehead atoms. The maximum absolute atomic E-state index is 5.73. The summed E-state index contributed by atoms with van der Waals surface area (Å²) >= 11 is 1.48. The first-order valence-corrected chi connectivity index (χ1v) is 10.4. The highest BCUT2D eigenvalue weighted by Crippen LogP contribution is 2.27. The van der Waals surface area contributed by atoms with Crippen LogP contribution >= 0.6 is 11.3 Å². The van der Waals surface area contributed by atoms with Gasteiger partial charge in [0.15, 0.2) is 5.82 Å². The van der Waals surface area contributed by atoms with Crippen LogP contribution in [0.5, 0.6) is 5.75 Å². The van der Waals surface area contributed by atoms with Gasteiger partial charge in [0.2, 0.25) is 10.1 Å². The molecule has 1 N–H and O–H groups in total. The van der Waals surface area contributed by atoms with E-state index >= 15 is 0 Å². The van der Waals surface area contributed by atoms with Crippen LogP contribution in [-0.4, -0.2) is 26.4 Å². The molecule has 0 fully saturated rings. The quantitative estimate of drug-likeness (QED) is 0.410. The Morgan fingerprint density at radius 1 is 1.00 bits per heavy atom. The number of hydrogen-bond acceptors (Lipinski definition) is 6. The number of benzene rings is 2. The van der Waals surface area contributed by atoms with Crippen LogP contribution in [0.15, 0.2) is 48.5 Å². The van der Waals surface area contributed by atoms with Gasteiger partial charge in [0, 0.05) is 11.3 Å². The Kier molecular flexibility index (Phi) is 5.53. The molecule has 2 aromatic carbocycles. The van der Waals surface area contributed by atoms with Crippen LogP contribution in [0.2, 0.25) is 0 Å². The van der Waals surface area contributed by atoms with Crippen LogP contribution in [-0.2, 0) is 6.42 Å². The molecule has 0 saturated carbocycles. The predicted octanol–water partition coefficient (Wildman–Crippen LogP) is 5.34. The molecule has 2 heterocycles. The molecule has 0 saturated heterocycles. The normalized spacial score (nSPS) is 11.1. The Labute approximate surface area is 168 Å². The lowest BCUT2D eigenvalue weighted by Crippen LogP contribution is -1.97. The topological polar surface area (TPSA) is 64.3 Å². The van der Waals surface area contributed by atoms with Crippen LogP contribution in [0.4, 0.5) is 10.8 Å². The van der Waals surface area contributed by atoms with Gasteiger partial charge in [0.05, 0.1) is 6.61 Å². The Hall–Kier alpha value is -2.93. The SMILES string of the molecule is CCCCOc1ccc(-c2nnc3sc(Nc4ccc(CC)cc4)nn23)cc1. The van der Waals surface area contributed by atoms with E-state index in [0.717, 1.165) is 58.8 Å². The number of rotatable bonds is 8. The van der Waals surface area contributed by atoms with E-state index in [2.05, 4.69) is 58.7 Å². The number of aryl methyl sites for hydroxylation is 1. The molecule has 4 rings (SSSR count). The minimum Gasteiger partial charge on any atom is -0.494 e. The molecule has 0 spiro atoms. The summed E-state index contributed by atoms with van der Waals surface area (Å²) in [6.45, 7) is 5.04. The van der Waals surface area contributed by atoms with Gasteiger partial charge in [-0.05, 0) is 54.8 Å². The molecule has 144 valence electrons. The minimum absolute atomic E-state index is 0.723. The molecule has 4 aromatic rings. The van der Waals surface area contributed by atoms with Gasteiger partial charge in [-0.1, -0.05) is 43.7 Å². The van der Waals surface area contributed by atoms with Crippen molar-refractivity contribution in [3.8, 4) is 17.1 Å². The van der Waals surface area contributed by atoms with Gasteiger partial charge in [0.25, 0.3) is 0 Å². The molecular formula is C21H23N5OS. The predicted molar refractivity (Wildman–Crippen MR) is 114 cm³/mol. The van der Waals surface area contributed by atoms with Gasteiger partial charge in [0.1, 0.15) is 5.75 Å². The summed E-state index contributed by atoms with van der Waals surface area (Å²) in [5.41, 5.74) is 3.28. The standard InChI is InChI=1S/C21H23N5OS/c1-3-5-14-27-18-12-8-16(9-13-18)19-23-24-21-26(19)25-20(28-21)22-17-10-6-15(4-2)7-11-17/h6-13H,3-5,14H2,1-2H3,(H,22,25). The van der Waals surface area contributed by atoms with Crippen molar-refractivity contribution in [1.82, 2.24) is 19.8 Å². The Morgan fingerprint density at radius 3 is 2.50 bits per heavy atom. The Balaban J connectivity index is 1.52. The van der Waals surface area contributed by atoms with Crippen LogP contribution in [0.1, 0.15) is 32.3 Å². The van der Waals surface area contributed by atoms with Crippen LogP contribution < -0.4 is 10.1 Å². The van der Waals surface area contributed by atoms with Crippen LogP contribution in [0.25, 0.3) is 16.3 Å². The lowest BCUT2D eigenvalue weighted by molar-refractivity contribution is 0.309. The third-order valence-electron chi connectivity index (χ3n) is 4.48. The number of fused-ring (bicyclic) bond motifs is 1. The van der Waals surface area contributed by atoms with E-state index < -0.39 is 0 Å². The van der Waals surface area contributed by atoms with Gasteiger partial charge >= 0.3 is 0 Å². The van der Waals surface area contributed by atoms with Crippen molar-refractivity contribution in [2.45, 2.75) is 33.1 Å². The Morgan fingerprint density at radius 2 is 1.79 bits per heavy atom. The van der Waals surface area contributed by atoms with E-state index in [9.17, 15) is 0 Å². The fraction of sp³-hybridized carbons (Fsp3) is 0.286. The number of nitrogens with zero attached hydrogens (tertiary/aromatic N) is 4. The number of aromatic nitrogens is 4. The van der Waals surface area contributed by atoms with E-state index in [0.29, 0.717) is 0 Å². The Bertz CT molecular complexity index is 1040. The zero-order valence-electron chi connectivity index (χ0n) is 16.1. The highest BCUT2D eigenvalue weighted by molar-refractivity contribution is 7.20. The summed E-state index contributed by atoms with van der Waals surface area (Å²) in [6, 6.07) is 16.3. The van der Waals surface area contributed by atoms with Crippen molar-refractivity contribution in [2.24, 2.45) is 0 Å². The van der Waals surface area contributed by atoms with E-state index in [1.165, 1.54) is 16.9 Å². The average Bonchev–Trinajstić information content (AvgIpc) is 3.30. The molecule has 28 heavy (non-hydrogen) atoms. The second kappa shape index (κ2) is 8.39. The highest BCUT2D eigenvalue weighted by atomic mass is 32.1. The number of anilines is 2. The maximum atomic E-state index is 5.73. The molecule has 0 aliphatic carbocycles. The van der Waals surface area contributed by atoms with Crippen LogP contribution in [0, 0.1) is 0 Å². The number of unbranched alkanes of at least 4 members (excludes halogenated alkanes) is 1. The maximum Gasteiger partial charge on any atom is 0.236 e. The molecule has 7 heteroatoms. The fourth-order valence-corrected chi connectivity index (χ4v) is 3.59. The summed E-state index contributed by atoms with van der Waals surface area (Å²) in [7, 11) is 0. The molecule has 0 aliphatic heterocycles. The lowest BCUT2D eigenvalue weighted by atomic mass is 10.1. The molecule has 0 aliphatic rings. The molecule has 0 radical (unpaired) electrons. The number of ether oxygens (including phenoxy) is 1. The van der Waals surface area contributed by atoms with Crippen molar-refractivity contribution in [1.29, 1.82) is 0 Å². The van der Waals surface area contributed by atoms with Crippen molar-refractivity contribution in [2.75, 3.05) is 11.9 Å². The second-order valence-corrected chi connectivity index (χ2v) is 7.48. The van der Waals surface area contributed by atoms with E-state index in [4.69, 9.17) is 4.74 Å². The third kappa shape index (κ3) is 3.99. The van der Waals surface area contributed by atoms with Gasteiger partial charge in [-0.2, -0.15) is 4.52 Å². The van der Waals surface area contributed by atoms with Crippen molar-refractivity contribution in [3.63, 3.8) is 0 Å². The van der Waals surface area contributed by atoms with Crippen molar-refractivity contribution < 1.29 is 4.74 Å². The molecule has 2 aromatic heterocycles. The van der Waals surface area contributed by atoms with Crippen LogP contribution in [0.3, 0.4) is 0 Å². The zero-order valence-corrected chi connectivity index (χ0v) is 16.9. The largest absolute Gasteiger partial charge is 0.494 e. The monoisotopic (exact) mass is 393 g/mol. The van der Waals surface area contributed by atoms with Gasteiger partial charge < -0.3 is 10.1 Å². The molecule has 0 amide bonds. The highest BCUT2D eigenvalue weighted by Gasteiger charge is 2.13. The third-order valence-corrected chi connectivity index (χ3v) is 5.30. The van der Waals surface area contributed by atoms with Gasteiger partial charge in [-0.3, -0.25) is 0 Å². The van der Waals surface area contributed by atoms with E-state index in [1.54, 1.807) is 4.52 Å². The zero-order chi connectivity index (χ0) is 19.3. The molecule has 0 unspecified atom stereocenters. The molecule has 6 nitrogen and oxygen atoms in total. The van der Waals surface area contributed by atoms with Crippen molar-refractivity contribution >= 4 is 27.1 Å². The van der Waals surface area contributed by atoms with E-state index in [-0.39, 0.29) is 0 Å². The summed E-state index contributed by atoms with van der Waals surface area (Å²) in [6.07, 6.45) is 3.21. The number of hydrogen-bond donors (Lipinski definition) is 1. The summed E-state index contributed by atoms with van der Waals surface area (Å²) < 4.78 is 7.50. The first-order chi connectivity index (χ1) is 13.8. The van der Waals surface area contributed by atoms with E-state index in [1.807, 2.05) is 24.3 Å². The summed E-state index contributed by atoms with van der Waals surface area (Å²) in [5.74, 6) is 1.59. The molecule has 0 atom stereocenters. The summed E-state index contributed by atoms with van der Waals surface area (Å²) in [5, 5.41) is 17.3. The number of nitrogens with one attached hydrogen (secondary N) is 1. The van der Waals surface area contributed by atoms with Crippen molar-refractivity contribution in [3.05, 3.63) is 54.1 Å².